The fourth-order valence-electron chi connectivity index (χ4n) is 0.652. The summed E-state index contributed by atoms with van der Waals surface area (Å²) in [5, 5.41) is 0. The fourth-order valence-corrected chi connectivity index (χ4v) is 0.652. The molecule has 2 heteroatoms. The van der Waals surface area contributed by atoms with Gasteiger partial charge in [0.1, 0.15) is 0 Å². The smallest absolute Gasteiger partial charge is 0 e. The zero-order valence-corrected chi connectivity index (χ0v) is 12.2. The molecule has 1 nitrogen and oxygen atoms in total. The molecule has 0 spiro atoms. The third-order valence-corrected chi connectivity index (χ3v) is 1.14. The summed E-state index contributed by atoms with van der Waals surface area (Å²) in [5.41, 5.74) is 0.848. The van der Waals surface area contributed by atoms with Crippen LogP contribution in [0.5, 0.6) is 0 Å². The average Bonchev–Trinajstić information content (AvgIpc) is 2.19. The van der Waals surface area contributed by atoms with Crippen molar-refractivity contribution in [1.29, 1.82) is 0 Å². The van der Waals surface area contributed by atoms with Gasteiger partial charge < -0.3 is 4.99 Å². The molecule has 0 unspecified atom stereocenters. The topological polar surface area (TPSA) is 12.4 Å². The fraction of sp³-hybridized carbons (Fsp3) is 0.417. The van der Waals surface area contributed by atoms with Gasteiger partial charge in [-0.2, -0.15) is 24.4 Å². The van der Waals surface area contributed by atoms with Crippen LogP contribution in [0.4, 0.5) is 5.69 Å². The quantitative estimate of drug-likeness (QED) is 0.570. The van der Waals surface area contributed by atoms with E-state index in [4.69, 9.17) is 0 Å². The van der Waals surface area contributed by atoms with Crippen LogP contribution in [0, 0.1) is 12.0 Å². The van der Waals surface area contributed by atoms with Crippen molar-refractivity contribution in [3.05, 3.63) is 30.3 Å². The monoisotopic (exact) mass is 264 g/mol. The first kappa shape index (κ1) is 16.4. The van der Waals surface area contributed by atoms with Gasteiger partial charge in [0, 0.05) is 32.7 Å². The van der Waals surface area contributed by atoms with E-state index >= 15 is 0 Å². The van der Waals surface area contributed by atoms with Gasteiger partial charge in [-0.25, -0.2) is 11.8 Å². The van der Waals surface area contributed by atoms with Gasteiger partial charge in [0.25, 0.3) is 0 Å². The molecule has 0 aromatic heterocycles. The second kappa shape index (κ2) is 11.1. The number of benzene rings is 1. The Morgan fingerprint density at radius 1 is 1.29 bits per heavy atom. The molecular formula is C12H17NY-2. The third kappa shape index (κ3) is 8.59. The Hall–Kier alpha value is -0.00610. The average molecular weight is 264 g/mol. The molecule has 1 radical (unpaired) electrons. The van der Waals surface area contributed by atoms with Crippen LogP contribution < -0.4 is 0 Å². The molecule has 0 amide bonds. The summed E-state index contributed by atoms with van der Waals surface area (Å²) in [7, 11) is 0. The normalized spacial score (nSPS) is 9.21. The van der Waals surface area contributed by atoms with E-state index in [9.17, 15) is 0 Å². The van der Waals surface area contributed by atoms with E-state index in [-0.39, 0.29) is 32.7 Å². The number of hydrogen-bond donors (Lipinski definition) is 0. The van der Waals surface area contributed by atoms with Crippen LogP contribution in [0.15, 0.2) is 29.3 Å². The molecule has 1 aromatic carbocycles. The van der Waals surface area contributed by atoms with Gasteiger partial charge in [-0.1, -0.05) is 33.6 Å². The molecule has 1 rings (SSSR count). The summed E-state index contributed by atoms with van der Waals surface area (Å²) < 4.78 is 0. The van der Waals surface area contributed by atoms with Crippen molar-refractivity contribution in [2.24, 2.45) is 10.9 Å². The van der Waals surface area contributed by atoms with Crippen LogP contribution in [0.2, 0.25) is 0 Å². The van der Waals surface area contributed by atoms with E-state index in [1.54, 1.807) is 0 Å². The van der Waals surface area contributed by atoms with Crippen molar-refractivity contribution < 1.29 is 32.7 Å². The van der Waals surface area contributed by atoms with E-state index in [2.05, 4.69) is 17.3 Å². The Morgan fingerprint density at radius 3 is 2.36 bits per heavy atom. The van der Waals surface area contributed by atoms with Crippen molar-refractivity contribution >= 4 is 11.9 Å². The molecule has 0 bridgehead atoms. The number of hydrogen-bond acceptors (Lipinski definition) is 1. The van der Waals surface area contributed by atoms with Crippen LogP contribution in [0.1, 0.15) is 27.7 Å². The molecule has 0 aliphatic heterocycles. The second-order valence-electron chi connectivity index (χ2n) is 2.64. The minimum atomic E-state index is 0. The largest absolute Gasteiger partial charge is 0.481 e. The van der Waals surface area contributed by atoms with Crippen LogP contribution >= 0.6 is 0 Å². The molecule has 75 valence electrons. The molecular weight excluding hydrogens is 247 g/mol. The molecule has 0 saturated heterocycles. The molecule has 0 atom stereocenters. The minimum absolute atomic E-state index is 0. The summed E-state index contributed by atoms with van der Waals surface area (Å²) in [6.45, 7) is 8.10. The maximum absolute atomic E-state index is 4.10. The molecule has 0 fully saturated rings. The maximum atomic E-state index is 4.10. The standard InChI is InChI=1S/C10H11N.C2H6.Y/c1-9(2)8-11-10-6-4-3-5-7-10;1-2;/h3-6,9H,1-2H3;1-2H3;/q-2;;. The molecule has 14 heavy (non-hydrogen) atoms. The Morgan fingerprint density at radius 2 is 1.93 bits per heavy atom. The van der Waals surface area contributed by atoms with Gasteiger partial charge in [-0.15, -0.1) is 0 Å². The van der Waals surface area contributed by atoms with E-state index in [1.807, 2.05) is 52.0 Å². The van der Waals surface area contributed by atoms with Gasteiger partial charge >= 0.3 is 0 Å². The molecule has 0 aliphatic carbocycles. The zero-order valence-electron chi connectivity index (χ0n) is 9.41. The van der Waals surface area contributed by atoms with Crippen molar-refractivity contribution in [3.63, 3.8) is 0 Å². The number of nitrogens with zero attached hydrogens (tertiary/aromatic N) is 1. The van der Waals surface area contributed by atoms with Gasteiger partial charge in [-0.05, 0) is 0 Å². The number of para-hydroxylation sites is 1. The molecule has 1 aromatic rings. The summed E-state index contributed by atoms with van der Waals surface area (Å²) in [6, 6.07) is 10.6. The maximum Gasteiger partial charge on any atom is 0 e. The van der Waals surface area contributed by atoms with Crippen molar-refractivity contribution in [1.82, 2.24) is 0 Å². The van der Waals surface area contributed by atoms with Crippen molar-refractivity contribution in [3.8, 4) is 0 Å². The van der Waals surface area contributed by atoms with Crippen LogP contribution in [-0.2, 0) is 32.7 Å². The SMILES string of the molecule is CC.CC(C)[C-]=Nc1[c-]cccc1.[Y]. The first-order valence-corrected chi connectivity index (χ1v) is 4.72. The molecule has 0 heterocycles. The van der Waals surface area contributed by atoms with Crippen molar-refractivity contribution in [2.75, 3.05) is 0 Å². The predicted octanol–water partition coefficient (Wildman–Crippen LogP) is 3.75. The van der Waals surface area contributed by atoms with Crippen LogP contribution in [0.3, 0.4) is 0 Å². The van der Waals surface area contributed by atoms with Crippen molar-refractivity contribution in [2.45, 2.75) is 27.7 Å². The van der Waals surface area contributed by atoms with E-state index in [0.717, 1.165) is 5.69 Å². The predicted molar refractivity (Wildman–Crippen MR) is 58.6 cm³/mol. The Labute approximate surface area is 113 Å². The first-order chi connectivity index (χ1) is 6.29. The Balaban J connectivity index is 0. The van der Waals surface area contributed by atoms with E-state index in [1.165, 1.54) is 0 Å². The van der Waals surface area contributed by atoms with Crippen LogP contribution in [-0.4, -0.2) is 6.21 Å². The summed E-state index contributed by atoms with van der Waals surface area (Å²) in [5.74, 6) is 0.378. The second-order valence-corrected chi connectivity index (χ2v) is 2.64. The van der Waals surface area contributed by atoms with Gasteiger partial charge in [0.05, 0.1) is 0 Å². The minimum Gasteiger partial charge on any atom is -0.481 e. The molecule has 0 N–H and O–H groups in total. The van der Waals surface area contributed by atoms with Gasteiger partial charge in [-0.3, -0.25) is 6.07 Å². The summed E-state index contributed by atoms with van der Waals surface area (Å²) in [6.07, 6.45) is 2.96. The van der Waals surface area contributed by atoms with E-state index < -0.39 is 0 Å². The van der Waals surface area contributed by atoms with Gasteiger partial charge in [0.15, 0.2) is 0 Å². The third-order valence-electron chi connectivity index (χ3n) is 1.14. The van der Waals surface area contributed by atoms with E-state index in [0.29, 0.717) is 5.92 Å². The zero-order chi connectivity index (χ0) is 10.1. The number of aliphatic imine (C=N–C) groups is 1. The summed E-state index contributed by atoms with van der Waals surface area (Å²) in [4.78, 5) is 4.10. The first-order valence-electron chi connectivity index (χ1n) is 4.72. The van der Waals surface area contributed by atoms with Crippen LogP contribution in [0.25, 0.3) is 0 Å². The Kier molecular flexibility index (Phi) is 13.0. The number of rotatable bonds is 2. The summed E-state index contributed by atoms with van der Waals surface area (Å²) >= 11 is 0. The molecule has 0 saturated carbocycles. The van der Waals surface area contributed by atoms with Gasteiger partial charge in [0.2, 0.25) is 0 Å². The Bertz CT molecular complexity index is 229. The molecule has 0 aliphatic rings.